The summed E-state index contributed by atoms with van der Waals surface area (Å²) in [6.07, 6.45) is 7.47. The van der Waals surface area contributed by atoms with Crippen LogP contribution in [0, 0.1) is 0 Å². The summed E-state index contributed by atoms with van der Waals surface area (Å²) in [4.78, 5) is 115. The summed E-state index contributed by atoms with van der Waals surface area (Å²) in [5, 5.41) is 29.2. The zero-order valence-corrected chi connectivity index (χ0v) is 57.8. The number of nitrogens with one attached hydrogen (secondary N) is 4. The molecule has 0 spiro atoms. The SMILES string of the molecule is CCO.CCn1cc(C[C@@H](NC(=O)C(C)(C)N)C(=O)NC2Cc3cccc(N4CCCC4=O)c3N(Cc3ccsc3)C2=O)c2ccccc21.CCn1cc(C[C@@H](NC(=O)C(C)(C)N)C(=O)NC2Cc3cccc(N4CCCC4=O)c3N(Cc3ccsc3)C2=O)c2ccccc21.Cl. The highest BCUT2D eigenvalue weighted by molar-refractivity contribution is 7.08. The molecule has 8 heterocycles. The molecule has 21 nitrogen and oxygen atoms in total. The molecule has 508 valence electrons. The van der Waals surface area contributed by atoms with Crippen molar-refractivity contribution < 1.29 is 43.5 Å². The number of hydrogen-bond acceptors (Lipinski definition) is 13. The monoisotopic (exact) mass is 1360 g/mol. The average molecular weight is 1360 g/mol. The molecule has 8 amide bonds. The van der Waals surface area contributed by atoms with Gasteiger partial charge in [-0.05, 0) is 153 Å². The van der Waals surface area contributed by atoms with E-state index in [9.17, 15) is 38.4 Å². The van der Waals surface area contributed by atoms with Crippen LogP contribution in [0.4, 0.5) is 22.7 Å². The Labute approximate surface area is 573 Å². The Bertz CT molecular complexity index is 3870. The quantitative estimate of drug-likeness (QED) is 0.0382. The molecule has 2 fully saturated rings. The van der Waals surface area contributed by atoms with Crippen LogP contribution in [0.25, 0.3) is 21.8 Å². The fraction of sp³-hybridized carbons (Fsp3) is 0.389. The van der Waals surface area contributed by atoms with Gasteiger partial charge in [-0.25, -0.2) is 0 Å². The van der Waals surface area contributed by atoms with Crippen LogP contribution >= 0.6 is 35.1 Å². The molecule has 4 atom stereocenters. The molecule has 8 aromatic rings. The number of para-hydroxylation sites is 4. The van der Waals surface area contributed by atoms with Crippen LogP contribution < -0.4 is 52.3 Å². The molecule has 4 aromatic heterocycles. The number of aryl methyl sites for hydroxylation is 2. The maximum atomic E-state index is 14.3. The molecule has 2 saturated heterocycles. The van der Waals surface area contributed by atoms with Gasteiger partial charge < -0.3 is 66.6 Å². The number of hydrogen-bond donors (Lipinski definition) is 7. The fourth-order valence-electron chi connectivity index (χ4n) is 12.8. The van der Waals surface area contributed by atoms with E-state index in [1.165, 1.54) is 0 Å². The van der Waals surface area contributed by atoms with E-state index >= 15 is 0 Å². The van der Waals surface area contributed by atoms with Crippen molar-refractivity contribution in [2.24, 2.45) is 11.5 Å². The first kappa shape index (κ1) is 71.6. The normalized spacial score (nSPS) is 16.8. The largest absolute Gasteiger partial charge is 0.397 e. The number of carbonyl (C=O) groups excluding carboxylic acids is 8. The van der Waals surface area contributed by atoms with Crippen LogP contribution in [0.3, 0.4) is 0 Å². The van der Waals surface area contributed by atoms with E-state index in [2.05, 4.69) is 44.2 Å². The van der Waals surface area contributed by atoms with Crippen molar-refractivity contribution in [1.29, 1.82) is 0 Å². The van der Waals surface area contributed by atoms with Crippen LogP contribution in [-0.4, -0.2) is 116 Å². The third-order valence-corrected chi connectivity index (χ3v) is 19.1. The number of nitrogens with two attached hydrogens (primary N) is 2. The molecule has 0 radical (unpaired) electrons. The van der Waals surface area contributed by atoms with Crippen molar-refractivity contribution in [2.75, 3.05) is 39.3 Å². The Hall–Kier alpha value is -8.71. The van der Waals surface area contributed by atoms with E-state index in [4.69, 9.17) is 16.6 Å². The number of amides is 8. The van der Waals surface area contributed by atoms with Gasteiger partial charge in [-0.1, -0.05) is 60.7 Å². The first-order valence-electron chi connectivity index (χ1n) is 32.6. The Kier molecular flexibility index (Phi) is 23.1. The predicted octanol–water partition coefficient (Wildman–Crippen LogP) is 8.20. The van der Waals surface area contributed by atoms with E-state index in [0.29, 0.717) is 50.4 Å². The van der Waals surface area contributed by atoms with E-state index in [1.807, 2.05) is 131 Å². The molecule has 4 aromatic carbocycles. The van der Waals surface area contributed by atoms with Crippen LogP contribution in [0.1, 0.15) is 108 Å². The second kappa shape index (κ2) is 31.0. The molecule has 0 bridgehead atoms. The fourth-order valence-corrected chi connectivity index (χ4v) is 14.1. The number of fused-ring (bicyclic) bond motifs is 4. The van der Waals surface area contributed by atoms with Crippen molar-refractivity contribution in [2.45, 2.75) is 161 Å². The Morgan fingerprint density at radius 2 is 0.958 bits per heavy atom. The van der Waals surface area contributed by atoms with E-state index < -0.39 is 58.9 Å². The molecule has 4 aliphatic heterocycles. The number of aliphatic hydroxyl groups excluding tert-OH is 1. The summed E-state index contributed by atoms with van der Waals surface area (Å²) in [5.41, 5.74) is 20.2. The van der Waals surface area contributed by atoms with Crippen molar-refractivity contribution in [1.82, 2.24) is 30.4 Å². The lowest BCUT2D eigenvalue weighted by Crippen LogP contribution is -2.60. The van der Waals surface area contributed by atoms with Gasteiger partial charge in [0.2, 0.25) is 47.3 Å². The smallest absolute Gasteiger partial charge is 0.250 e. The van der Waals surface area contributed by atoms with Gasteiger partial charge in [0, 0.05) is 106 Å². The first-order valence-corrected chi connectivity index (χ1v) is 34.4. The van der Waals surface area contributed by atoms with Gasteiger partial charge in [-0.3, -0.25) is 38.4 Å². The number of halogens is 1. The molecule has 96 heavy (non-hydrogen) atoms. The van der Waals surface area contributed by atoms with Gasteiger partial charge >= 0.3 is 0 Å². The molecular formula is C72H87ClN12O9S2. The third-order valence-electron chi connectivity index (χ3n) is 17.6. The van der Waals surface area contributed by atoms with E-state index in [0.717, 1.165) is 92.5 Å². The second-order valence-electron chi connectivity index (χ2n) is 25.6. The third kappa shape index (κ3) is 15.9. The van der Waals surface area contributed by atoms with Crippen LogP contribution in [-0.2, 0) is 90.2 Å². The van der Waals surface area contributed by atoms with Crippen LogP contribution in [0.2, 0.25) is 0 Å². The van der Waals surface area contributed by atoms with Gasteiger partial charge in [-0.15, -0.1) is 12.4 Å². The van der Waals surface area contributed by atoms with Crippen molar-refractivity contribution >= 4 is 127 Å². The summed E-state index contributed by atoms with van der Waals surface area (Å²) >= 11 is 3.09. The lowest BCUT2D eigenvalue weighted by molar-refractivity contribution is -0.133. The Morgan fingerprint density at radius 1 is 0.573 bits per heavy atom. The summed E-state index contributed by atoms with van der Waals surface area (Å²) in [6.45, 7) is 15.7. The number of rotatable bonds is 20. The van der Waals surface area contributed by atoms with E-state index in [-0.39, 0.29) is 68.3 Å². The lowest BCUT2D eigenvalue weighted by Gasteiger charge is -2.37. The molecule has 24 heteroatoms. The standard InChI is InChI=1S/2C35H40N6O4S.C2H6O.ClH/c2*1-4-39-20-24(25-10-5-6-11-28(25)39)18-26(38-34(45)35(2,3)36)32(43)37-27-17-23-9-7-12-29(40-15-8-13-30(40)42)31(23)41(33(27)44)19-22-14-16-46-21-22;1-2-3;/h2*5-7,9-12,14,16,20-21,26-27H,4,8,13,15,17-19,36H2,1-3H3,(H,37,43)(H,38,45);3H,2H2,1H3;1H/t2*26-,27?;;/m11../s1. The molecule has 12 rings (SSSR count). The van der Waals surface area contributed by atoms with Crippen molar-refractivity contribution in [3.05, 3.63) is 164 Å². The van der Waals surface area contributed by atoms with Gasteiger partial charge in [0.05, 0.1) is 46.9 Å². The predicted molar refractivity (Wildman–Crippen MR) is 381 cm³/mol. The maximum absolute atomic E-state index is 14.3. The number of thiophene rings is 2. The highest BCUT2D eigenvalue weighted by atomic mass is 35.5. The molecule has 4 aliphatic rings. The Morgan fingerprint density at radius 3 is 1.29 bits per heavy atom. The number of carbonyl (C=O) groups is 8. The van der Waals surface area contributed by atoms with Gasteiger partial charge in [0.15, 0.2) is 0 Å². The minimum Gasteiger partial charge on any atom is -0.397 e. The zero-order valence-electron chi connectivity index (χ0n) is 55.4. The number of aliphatic hydroxyl groups is 1. The molecule has 2 unspecified atom stereocenters. The summed E-state index contributed by atoms with van der Waals surface area (Å²) < 4.78 is 4.22. The molecule has 0 saturated carbocycles. The number of anilines is 4. The zero-order chi connectivity index (χ0) is 67.9. The molecule has 9 N–H and O–H groups in total. The maximum Gasteiger partial charge on any atom is 0.250 e. The first-order chi connectivity index (χ1) is 45.5. The lowest BCUT2D eigenvalue weighted by atomic mass is 9.94. The summed E-state index contributed by atoms with van der Waals surface area (Å²) in [5.74, 6) is -2.31. The van der Waals surface area contributed by atoms with Gasteiger partial charge in [0.25, 0.3) is 0 Å². The minimum absolute atomic E-state index is 0. The summed E-state index contributed by atoms with van der Waals surface area (Å²) in [7, 11) is 0. The Balaban J connectivity index is 0.000000214. The minimum atomic E-state index is -1.21. The van der Waals surface area contributed by atoms with Crippen LogP contribution in [0.5, 0.6) is 0 Å². The molecule has 0 aliphatic carbocycles. The van der Waals surface area contributed by atoms with Crippen molar-refractivity contribution in [3.63, 3.8) is 0 Å². The van der Waals surface area contributed by atoms with Crippen LogP contribution in [0.15, 0.2) is 131 Å². The van der Waals surface area contributed by atoms with Gasteiger partial charge in [-0.2, -0.15) is 22.7 Å². The molecular weight excluding hydrogens is 1280 g/mol. The number of nitrogens with zero attached hydrogens (tertiary/aromatic N) is 6. The van der Waals surface area contributed by atoms with Crippen molar-refractivity contribution in [3.8, 4) is 0 Å². The van der Waals surface area contributed by atoms with Gasteiger partial charge in [0.1, 0.15) is 24.2 Å². The topological polar surface area (TPSA) is 280 Å². The van der Waals surface area contributed by atoms with E-state index in [1.54, 1.807) is 76.9 Å². The average Bonchev–Trinajstić information content (AvgIpc) is 0.830. The second-order valence-corrected chi connectivity index (χ2v) is 27.2. The number of benzene rings is 4. The number of aromatic nitrogens is 2. The highest BCUT2D eigenvalue weighted by Gasteiger charge is 2.42. The summed E-state index contributed by atoms with van der Waals surface area (Å²) in [6, 6.07) is 27.6. The highest BCUT2D eigenvalue weighted by Crippen LogP contribution is 2.42.